The van der Waals surface area contributed by atoms with Gasteiger partial charge in [-0.15, -0.1) is 10.2 Å². The van der Waals surface area contributed by atoms with Gasteiger partial charge < -0.3 is 9.73 Å². The van der Waals surface area contributed by atoms with E-state index in [9.17, 15) is 4.79 Å². The van der Waals surface area contributed by atoms with Crippen LogP contribution < -0.4 is 5.32 Å². The summed E-state index contributed by atoms with van der Waals surface area (Å²) in [5, 5.41) is 12.1. The topological polar surface area (TPSA) is 68.0 Å². The number of carbonyl (C=O) groups excluding carboxylic acids is 1. The molecule has 0 aliphatic heterocycles. The van der Waals surface area contributed by atoms with E-state index in [1.165, 1.54) is 23.1 Å². The van der Waals surface area contributed by atoms with E-state index in [0.29, 0.717) is 5.13 Å². The highest BCUT2D eigenvalue weighted by molar-refractivity contribution is 9.10. The number of hydrogen-bond acceptors (Lipinski definition) is 6. The average Bonchev–Trinajstić information content (AvgIpc) is 3.06. The number of aromatic nitrogens is 2. The second-order valence-corrected chi connectivity index (χ2v) is 7.15. The molecule has 5 nitrogen and oxygen atoms in total. The van der Waals surface area contributed by atoms with E-state index in [2.05, 4.69) is 31.4 Å². The molecule has 3 rings (SSSR count). The van der Waals surface area contributed by atoms with Crippen LogP contribution in [-0.4, -0.2) is 22.4 Å². The fourth-order valence-electron chi connectivity index (χ4n) is 1.87. The number of amides is 1. The summed E-state index contributed by atoms with van der Waals surface area (Å²) in [7, 11) is 0. The van der Waals surface area contributed by atoms with Crippen molar-refractivity contribution in [3.8, 4) is 0 Å². The maximum absolute atomic E-state index is 12.1. The van der Waals surface area contributed by atoms with Crippen molar-refractivity contribution >= 4 is 61.0 Å². The minimum absolute atomic E-state index is 0.138. The molecule has 0 unspecified atom stereocenters. The average molecular weight is 384 g/mol. The van der Waals surface area contributed by atoms with Crippen molar-refractivity contribution in [2.24, 2.45) is 0 Å². The molecule has 1 aromatic carbocycles. The SMILES string of the molecule is CSc1nnc(NC(=O)Cc2coc3ccc(Br)cc23)s1. The fraction of sp³-hybridized carbons (Fsp3) is 0.154. The monoisotopic (exact) mass is 383 g/mol. The van der Waals surface area contributed by atoms with Crippen molar-refractivity contribution in [2.45, 2.75) is 10.8 Å². The van der Waals surface area contributed by atoms with Gasteiger partial charge >= 0.3 is 0 Å². The molecule has 8 heteroatoms. The lowest BCUT2D eigenvalue weighted by atomic mass is 10.1. The van der Waals surface area contributed by atoms with Crippen LogP contribution in [0.15, 0.2) is 37.7 Å². The van der Waals surface area contributed by atoms with E-state index in [1.54, 1.807) is 6.26 Å². The molecular formula is C13H10BrN3O2S2. The van der Waals surface area contributed by atoms with E-state index in [0.717, 1.165) is 25.3 Å². The van der Waals surface area contributed by atoms with E-state index in [-0.39, 0.29) is 12.3 Å². The van der Waals surface area contributed by atoms with Crippen LogP contribution in [-0.2, 0) is 11.2 Å². The molecule has 0 fully saturated rings. The molecule has 1 N–H and O–H groups in total. The van der Waals surface area contributed by atoms with Gasteiger partial charge in [0.2, 0.25) is 11.0 Å². The smallest absolute Gasteiger partial charge is 0.230 e. The normalized spacial score (nSPS) is 11.0. The molecule has 0 aliphatic carbocycles. The molecule has 0 aliphatic rings. The number of halogens is 1. The summed E-state index contributed by atoms with van der Waals surface area (Å²) in [6.45, 7) is 0. The molecule has 1 amide bonds. The van der Waals surface area contributed by atoms with Crippen LogP contribution in [0, 0.1) is 0 Å². The van der Waals surface area contributed by atoms with Crippen molar-refractivity contribution < 1.29 is 9.21 Å². The van der Waals surface area contributed by atoms with E-state index < -0.39 is 0 Å². The van der Waals surface area contributed by atoms with Crippen molar-refractivity contribution in [3.63, 3.8) is 0 Å². The Balaban J connectivity index is 1.75. The van der Waals surface area contributed by atoms with Crippen LogP contribution in [0.3, 0.4) is 0 Å². The number of thioether (sulfide) groups is 1. The van der Waals surface area contributed by atoms with Crippen LogP contribution in [0.2, 0.25) is 0 Å². The summed E-state index contributed by atoms with van der Waals surface area (Å²) in [6.07, 6.45) is 3.77. The summed E-state index contributed by atoms with van der Waals surface area (Å²) in [5.74, 6) is -0.138. The Morgan fingerprint density at radius 2 is 2.33 bits per heavy atom. The maximum atomic E-state index is 12.1. The first-order chi connectivity index (χ1) is 10.2. The zero-order valence-electron chi connectivity index (χ0n) is 10.9. The quantitative estimate of drug-likeness (QED) is 0.545. The summed E-state index contributed by atoms with van der Waals surface area (Å²) < 4.78 is 7.22. The standard InChI is InChI=1S/C13H10BrN3O2S2/c1-20-13-17-16-12(21-13)15-11(18)4-7-6-19-10-3-2-8(14)5-9(7)10/h2-3,5-6H,4H2,1H3,(H,15,16,18). The van der Waals surface area contributed by atoms with Crippen molar-refractivity contribution in [3.05, 3.63) is 34.5 Å². The van der Waals surface area contributed by atoms with Crippen molar-refractivity contribution in [2.75, 3.05) is 11.6 Å². The van der Waals surface area contributed by atoms with Gasteiger partial charge in [-0.3, -0.25) is 4.79 Å². The molecule has 2 heterocycles. The number of furan rings is 1. The Hall–Kier alpha value is -1.38. The van der Waals surface area contributed by atoms with Gasteiger partial charge in [0.05, 0.1) is 12.7 Å². The largest absolute Gasteiger partial charge is 0.464 e. The highest BCUT2D eigenvalue weighted by Crippen LogP contribution is 2.26. The van der Waals surface area contributed by atoms with Crippen LogP contribution in [0.1, 0.15) is 5.56 Å². The molecular weight excluding hydrogens is 374 g/mol. The van der Waals surface area contributed by atoms with Gasteiger partial charge in [-0.2, -0.15) is 0 Å². The number of nitrogens with one attached hydrogen (secondary N) is 1. The molecule has 108 valence electrons. The van der Waals surface area contributed by atoms with Crippen LogP contribution >= 0.6 is 39.0 Å². The van der Waals surface area contributed by atoms with Gasteiger partial charge in [-0.25, -0.2) is 0 Å². The minimum Gasteiger partial charge on any atom is -0.464 e. The Morgan fingerprint density at radius 1 is 1.48 bits per heavy atom. The highest BCUT2D eigenvalue weighted by atomic mass is 79.9. The third-order valence-corrected chi connectivity index (χ3v) is 5.10. The number of carbonyl (C=O) groups is 1. The predicted molar refractivity (Wildman–Crippen MR) is 87.9 cm³/mol. The number of anilines is 1. The first kappa shape index (κ1) is 14.6. The molecule has 3 aromatic rings. The first-order valence-corrected chi connectivity index (χ1v) is 8.82. The van der Waals surface area contributed by atoms with Gasteiger partial charge in [0, 0.05) is 15.4 Å². The number of nitrogens with zero attached hydrogens (tertiary/aromatic N) is 2. The van der Waals surface area contributed by atoms with Crippen molar-refractivity contribution in [1.82, 2.24) is 10.2 Å². The second-order valence-electron chi connectivity index (χ2n) is 4.20. The third kappa shape index (κ3) is 3.28. The van der Waals surface area contributed by atoms with Crippen LogP contribution in [0.4, 0.5) is 5.13 Å². The number of fused-ring (bicyclic) bond motifs is 1. The van der Waals surface area contributed by atoms with Gasteiger partial charge in [0.1, 0.15) is 5.58 Å². The Kier molecular flexibility index (Phi) is 4.27. The molecule has 21 heavy (non-hydrogen) atoms. The van der Waals surface area contributed by atoms with Gasteiger partial charge in [0.15, 0.2) is 4.34 Å². The van der Waals surface area contributed by atoms with E-state index in [1.807, 2.05) is 24.5 Å². The third-order valence-electron chi connectivity index (χ3n) is 2.79. The molecule has 0 spiro atoms. The molecule has 0 saturated carbocycles. The van der Waals surface area contributed by atoms with Gasteiger partial charge in [0.25, 0.3) is 0 Å². The lowest BCUT2D eigenvalue weighted by Gasteiger charge is -1.99. The Labute approximate surface area is 137 Å². The maximum Gasteiger partial charge on any atom is 0.230 e. The fourth-order valence-corrected chi connectivity index (χ4v) is 3.42. The van der Waals surface area contributed by atoms with Crippen LogP contribution in [0.25, 0.3) is 11.0 Å². The predicted octanol–water partition coefficient (Wildman–Crippen LogP) is 3.95. The Bertz CT molecular complexity index is 800. The zero-order chi connectivity index (χ0) is 14.8. The highest BCUT2D eigenvalue weighted by Gasteiger charge is 2.13. The summed E-state index contributed by atoms with van der Waals surface area (Å²) >= 11 is 6.28. The summed E-state index contributed by atoms with van der Waals surface area (Å²) in [6, 6.07) is 5.72. The number of rotatable bonds is 4. The molecule has 0 bridgehead atoms. The molecule has 0 radical (unpaired) electrons. The van der Waals surface area contributed by atoms with Crippen LogP contribution in [0.5, 0.6) is 0 Å². The minimum atomic E-state index is -0.138. The second kappa shape index (κ2) is 6.17. The van der Waals surface area contributed by atoms with Crippen molar-refractivity contribution in [1.29, 1.82) is 0 Å². The molecule has 2 aromatic heterocycles. The van der Waals surface area contributed by atoms with E-state index in [4.69, 9.17) is 4.42 Å². The number of hydrogen-bond donors (Lipinski definition) is 1. The van der Waals surface area contributed by atoms with E-state index >= 15 is 0 Å². The summed E-state index contributed by atoms with van der Waals surface area (Å²) in [4.78, 5) is 12.1. The van der Waals surface area contributed by atoms with Gasteiger partial charge in [-0.05, 0) is 24.5 Å². The Morgan fingerprint density at radius 3 is 3.10 bits per heavy atom. The molecule has 0 atom stereocenters. The number of benzene rings is 1. The first-order valence-electron chi connectivity index (χ1n) is 5.98. The summed E-state index contributed by atoms with van der Waals surface area (Å²) in [5.41, 5.74) is 1.61. The lowest BCUT2D eigenvalue weighted by molar-refractivity contribution is -0.115. The van der Waals surface area contributed by atoms with Gasteiger partial charge in [-0.1, -0.05) is 39.0 Å². The molecule has 0 saturated heterocycles. The lowest BCUT2D eigenvalue weighted by Crippen LogP contribution is -2.13. The zero-order valence-corrected chi connectivity index (χ0v) is 14.1.